The van der Waals surface area contributed by atoms with Crippen LogP contribution in [0.4, 0.5) is 0 Å². The number of hydrogen-bond acceptors (Lipinski definition) is 2. The zero-order valence-electron chi connectivity index (χ0n) is 17.4. The molecule has 0 radical (unpaired) electrons. The lowest BCUT2D eigenvalue weighted by molar-refractivity contribution is 0.869. The second-order valence-electron chi connectivity index (χ2n) is 8.46. The maximum Gasteiger partial charge on any atom is 0.0886 e. The molecule has 1 nitrogen and oxygen atoms in total. The van der Waals surface area contributed by atoms with Crippen LogP contribution in [0.15, 0.2) is 66.9 Å². The van der Waals surface area contributed by atoms with Crippen LogP contribution in [0.25, 0.3) is 42.2 Å². The van der Waals surface area contributed by atoms with Gasteiger partial charge in [-0.15, -0.1) is 11.3 Å². The van der Waals surface area contributed by atoms with Crippen LogP contribution < -0.4 is 0 Å². The van der Waals surface area contributed by atoms with Gasteiger partial charge in [-0.2, -0.15) is 0 Å². The third-order valence-electron chi connectivity index (χ3n) is 5.89. The average molecular weight is 396 g/mol. The largest absolute Gasteiger partial charge is 0.255 e. The van der Waals surface area contributed by atoms with Gasteiger partial charge in [0.2, 0.25) is 0 Å². The summed E-state index contributed by atoms with van der Waals surface area (Å²) < 4.78 is 2.69. The Labute approximate surface area is 176 Å². The van der Waals surface area contributed by atoms with Gasteiger partial charge in [0.1, 0.15) is 0 Å². The summed E-state index contributed by atoms with van der Waals surface area (Å²) in [6, 6.07) is 22.3. The van der Waals surface area contributed by atoms with E-state index < -0.39 is 0 Å². The van der Waals surface area contributed by atoms with Gasteiger partial charge in [-0.25, -0.2) is 0 Å². The van der Waals surface area contributed by atoms with Crippen molar-refractivity contribution in [2.75, 3.05) is 0 Å². The van der Waals surface area contributed by atoms with E-state index in [4.69, 9.17) is 4.98 Å². The van der Waals surface area contributed by atoms with E-state index >= 15 is 0 Å². The number of rotatable bonds is 3. The highest BCUT2D eigenvalue weighted by atomic mass is 32.1. The molecule has 0 atom stereocenters. The van der Waals surface area contributed by atoms with Gasteiger partial charge in [-0.1, -0.05) is 82.3 Å². The second kappa shape index (κ2) is 6.96. The molecular weight excluding hydrogens is 370 g/mol. The SMILES string of the molecule is CC(C)c1ccc2c(-c3nccc4c3sc3c(C(C)C)cccc34)cccc2c1. The van der Waals surface area contributed by atoms with Gasteiger partial charge in [0.15, 0.2) is 0 Å². The fourth-order valence-corrected chi connectivity index (χ4v) is 5.72. The van der Waals surface area contributed by atoms with Crippen LogP contribution in [0.5, 0.6) is 0 Å². The number of hydrogen-bond donors (Lipinski definition) is 0. The summed E-state index contributed by atoms with van der Waals surface area (Å²) in [6.45, 7) is 9.04. The predicted octanol–water partition coefficient (Wildman–Crippen LogP) is 8.52. The van der Waals surface area contributed by atoms with Crippen molar-refractivity contribution in [2.45, 2.75) is 39.5 Å². The van der Waals surface area contributed by atoms with Crippen molar-refractivity contribution in [3.63, 3.8) is 0 Å². The number of fused-ring (bicyclic) bond motifs is 4. The Bertz CT molecular complexity index is 1360. The highest BCUT2D eigenvalue weighted by molar-refractivity contribution is 7.26. The van der Waals surface area contributed by atoms with Crippen molar-refractivity contribution >= 4 is 42.3 Å². The molecule has 2 heterocycles. The number of aromatic nitrogens is 1. The molecule has 5 rings (SSSR count). The first-order chi connectivity index (χ1) is 14.0. The van der Waals surface area contributed by atoms with Crippen molar-refractivity contribution in [3.8, 4) is 11.3 Å². The minimum absolute atomic E-state index is 0.509. The molecule has 0 aliphatic carbocycles. The Kier molecular flexibility index (Phi) is 4.40. The molecule has 0 N–H and O–H groups in total. The van der Waals surface area contributed by atoms with Crippen LogP contribution in [0.3, 0.4) is 0 Å². The maximum atomic E-state index is 4.86. The molecule has 144 valence electrons. The Balaban J connectivity index is 1.82. The first kappa shape index (κ1) is 18.3. The highest BCUT2D eigenvalue weighted by Gasteiger charge is 2.16. The van der Waals surface area contributed by atoms with E-state index in [2.05, 4.69) is 88.4 Å². The first-order valence-corrected chi connectivity index (χ1v) is 11.2. The zero-order chi connectivity index (χ0) is 20.1. The van der Waals surface area contributed by atoms with E-state index in [0.29, 0.717) is 11.8 Å². The Morgan fingerprint density at radius 3 is 2.31 bits per heavy atom. The van der Waals surface area contributed by atoms with Gasteiger partial charge in [0.05, 0.1) is 10.4 Å². The van der Waals surface area contributed by atoms with Crippen molar-refractivity contribution in [1.29, 1.82) is 0 Å². The molecule has 0 bridgehead atoms. The van der Waals surface area contributed by atoms with Crippen molar-refractivity contribution in [3.05, 3.63) is 78.0 Å². The number of pyridine rings is 1. The van der Waals surface area contributed by atoms with Crippen LogP contribution in [0, 0.1) is 0 Å². The fraction of sp³-hybridized carbons (Fsp3) is 0.222. The van der Waals surface area contributed by atoms with Gasteiger partial charge in [-0.3, -0.25) is 4.98 Å². The minimum atomic E-state index is 0.509. The average Bonchev–Trinajstić information content (AvgIpc) is 3.11. The number of nitrogens with zero attached hydrogens (tertiary/aromatic N) is 1. The van der Waals surface area contributed by atoms with Gasteiger partial charge in [0.25, 0.3) is 0 Å². The quantitative estimate of drug-likeness (QED) is 0.298. The van der Waals surface area contributed by atoms with E-state index in [1.165, 1.54) is 47.6 Å². The second-order valence-corrected chi connectivity index (χ2v) is 9.48. The monoisotopic (exact) mass is 395 g/mol. The first-order valence-electron chi connectivity index (χ1n) is 10.4. The lowest BCUT2D eigenvalue weighted by atomic mass is 9.95. The maximum absolute atomic E-state index is 4.86. The molecule has 0 saturated heterocycles. The molecule has 2 heteroatoms. The topological polar surface area (TPSA) is 12.9 Å². The van der Waals surface area contributed by atoms with Crippen molar-refractivity contribution in [1.82, 2.24) is 4.98 Å². The van der Waals surface area contributed by atoms with E-state index in [1.54, 1.807) is 0 Å². The summed E-state index contributed by atoms with van der Waals surface area (Å²) in [4.78, 5) is 4.86. The van der Waals surface area contributed by atoms with E-state index in [-0.39, 0.29) is 0 Å². The van der Waals surface area contributed by atoms with E-state index in [1.807, 2.05) is 17.5 Å². The van der Waals surface area contributed by atoms with Gasteiger partial charge in [0, 0.05) is 27.2 Å². The number of thiophene rings is 1. The lowest BCUT2D eigenvalue weighted by Crippen LogP contribution is -1.89. The molecule has 0 aliphatic heterocycles. The molecule has 5 aromatic rings. The Morgan fingerprint density at radius 2 is 1.52 bits per heavy atom. The smallest absolute Gasteiger partial charge is 0.0886 e. The molecule has 0 spiro atoms. The fourth-order valence-electron chi connectivity index (χ4n) is 4.26. The van der Waals surface area contributed by atoms with Crippen LogP contribution in [0.1, 0.15) is 50.7 Å². The lowest BCUT2D eigenvalue weighted by Gasteiger charge is -2.11. The van der Waals surface area contributed by atoms with Crippen LogP contribution in [-0.2, 0) is 0 Å². The van der Waals surface area contributed by atoms with Crippen molar-refractivity contribution in [2.24, 2.45) is 0 Å². The minimum Gasteiger partial charge on any atom is -0.255 e. The van der Waals surface area contributed by atoms with E-state index in [0.717, 1.165) is 5.69 Å². The van der Waals surface area contributed by atoms with E-state index in [9.17, 15) is 0 Å². The standard InChI is InChI=1S/C27H25NS/c1-16(2)18-11-12-21-19(15-18)7-5-9-22(21)25-27-24(13-14-28-25)23-10-6-8-20(17(3)4)26(23)29-27/h5-17H,1-4H3. The summed E-state index contributed by atoms with van der Waals surface area (Å²) >= 11 is 1.89. The zero-order valence-corrected chi connectivity index (χ0v) is 18.2. The normalized spacial score (nSPS) is 12.1. The Hall–Kier alpha value is -2.71. The highest BCUT2D eigenvalue weighted by Crippen LogP contribution is 2.43. The molecular formula is C27H25NS. The summed E-state index contributed by atoms with van der Waals surface area (Å²) in [7, 11) is 0. The van der Waals surface area contributed by atoms with Crippen LogP contribution in [-0.4, -0.2) is 4.98 Å². The molecule has 0 aliphatic rings. The Morgan fingerprint density at radius 1 is 0.724 bits per heavy atom. The molecule has 0 unspecified atom stereocenters. The molecule has 0 amide bonds. The summed E-state index contributed by atoms with van der Waals surface area (Å²) in [5.74, 6) is 1.04. The third kappa shape index (κ3) is 2.94. The van der Waals surface area contributed by atoms with Crippen LogP contribution >= 0.6 is 11.3 Å². The van der Waals surface area contributed by atoms with Gasteiger partial charge in [-0.05, 0) is 39.8 Å². The third-order valence-corrected chi connectivity index (χ3v) is 7.17. The molecule has 2 aromatic heterocycles. The predicted molar refractivity (Wildman–Crippen MR) is 128 cm³/mol. The molecule has 0 fully saturated rings. The molecule has 3 aromatic carbocycles. The van der Waals surface area contributed by atoms with Crippen LogP contribution in [0.2, 0.25) is 0 Å². The van der Waals surface area contributed by atoms with Gasteiger partial charge >= 0.3 is 0 Å². The van der Waals surface area contributed by atoms with Crippen molar-refractivity contribution < 1.29 is 0 Å². The summed E-state index contributed by atoms with van der Waals surface area (Å²) in [5.41, 5.74) is 5.13. The van der Waals surface area contributed by atoms with Gasteiger partial charge < -0.3 is 0 Å². The number of benzene rings is 3. The summed E-state index contributed by atoms with van der Waals surface area (Å²) in [5, 5.41) is 5.23. The molecule has 29 heavy (non-hydrogen) atoms. The summed E-state index contributed by atoms with van der Waals surface area (Å²) in [6.07, 6.45) is 1.97. The molecule has 0 saturated carbocycles.